The standard InChI is InChI=1S/C21H26FN3O/c1-17-5-3-4-6-18(17)15-23(2)21(26)16-24-11-13-25(14-12-24)20-9-7-19(22)8-10-20/h3-10H,11-16H2,1-2H3. The minimum Gasteiger partial charge on any atom is -0.369 e. The second kappa shape index (κ2) is 8.32. The Labute approximate surface area is 154 Å². The van der Waals surface area contributed by atoms with Crippen molar-refractivity contribution in [3.05, 3.63) is 65.5 Å². The maximum atomic E-state index is 13.0. The normalized spacial score (nSPS) is 15.1. The predicted molar refractivity (Wildman–Crippen MR) is 103 cm³/mol. The average molecular weight is 355 g/mol. The van der Waals surface area contributed by atoms with Gasteiger partial charge in [-0.05, 0) is 42.3 Å². The SMILES string of the molecule is Cc1ccccc1CN(C)C(=O)CN1CCN(c2ccc(F)cc2)CC1. The Morgan fingerprint density at radius 3 is 2.35 bits per heavy atom. The summed E-state index contributed by atoms with van der Waals surface area (Å²) in [7, 11) is 1.86. The van der Waals surface area contributed by atoms with E-state index in [1.165, 1.54) is 23.3 Å². The molecule has 1 aliphatic heterocycles. The highest BCUT2D eigenvalue weighted by molar-refractivity contribution is 5.78. The highest BCUT2D eigenvalue weighted by Crippen LogP contribution is 2.17. The van der Waals surface area contributed by atoms with Crippen LogP contribution in [0.4, 0.5) is 10.1 Å². The zero-order valence-corrected chi connectivity index (χ0v) is 15.5. The largest absolute Gasteiger partial charge is 0.369 e. The lowest BCUT2D eigenvalue weighted by Crippen LogP contribution is -2.49. The molecule has 0 aliphatic carbocycles. The van der Waals surface area contributed by atoms with Crippen LogP contribution in [0, 0.1) is 12.7 Å². The summed E-state index contributed by atoms with van der Waals surface area (Å²) in [5, 5.41) is 0. The first-order valence-electron chi connectivity index (χ1n) is 9.04. The van der Waals surface area contributed by atoms with Crippen LogP contribution >= 0.6 is 0 Å². The molecule has 3 rings (SSSR count). The smallest absolute Gasteiger partial charge is 0.236 e. The van der Waals surface area contributed by atoms with E-state index in [0.717, 1.165) is 31.9 Å². The van der Waals surface area contributed by atoms with Gasteiger partial charge in [0.05, 0.1) is 6.54 Å². The lowest BCUT2D eigenvalue weighted by molar-refractivity contribution is -0.131. The van der Waals surface area contributed by atoms with Crippen molar-refractivity contribution >= 4 is 11.6 Å². The summed E-state index contributed by atoms with van der Waals surface area (Å²) in [5.41, 5.74) is 3.43. The van der Waals surface area contributed by atoms with Crippen LogP contribution in [-0.2, 0) is 11.3 Å². The van der Waals surface area contributed by atoms with E-state index in [-0.39, 0.29) is 11.7 Å². The number of hydrogen-bond acceptors (Lipinski definition) is 3. The van der Waals surface area contributed by atoms with E-state index in [0.29, 0.717) is 13.1 Å². The number of nitrogens with zero attached hydrogens (tertiary/aromatic N) is 3. The van der Waals surface area contributed by atoms with Gasteiger partial charge in [-0.2, -0.15) is 0 Å². The van der Waals surface area contributed by atoms with E-state index in [1.54, 1.807) is 4.90 Å². The van der Waals surface area contributed by atoms with Crippen LogP contribution in [0.5, 0.6) is 0 Å². The van der Waals surface area contributed by atoms with Crippen molar-refractivity contribution in [1.29, 1.82) is 0 Å². The fourth-order valence-corrected chi connectivity index (χ4v) is 3.26. The lowest BCUT2D eigenvalue weighted by atomic mass is 10.1. The Morgan fingerprint density at radius 2 is 1.69 bits per heavy atom. The van der Waals surface area contributed by atoms with E-state index in [1.807, 2.05) is 31.3 Å². The lowest BCUT2D eigenvalue weighted by Gasteiger charge is -2.36. The Bertz CT molecular complexity index is 739. The number of anilines is 1. The molecular formula is C21H26FN3O. The van der Waals surface area contributed by atoms with Gasteiger partial charge in [0.2, 0.25) is 5.91 Å². The second-order valence-electron chi connectivity index (χ2n) is 6.92. The van der Waals surface area contributed by atoms with Crippen molar-refractivity contribution < 1.29 is 9.18 Å². The van der Waals surface area contributed by atoms with Crippen LogP contribution in [0.2, 0.25) is 0 Å². The maximum Gasteiger partial charge on any atom is 0.236 e. The van der Waals surface area contributed by atoms with Crippen LogP contribution in [0.15, 0.2) is 48.5 Å². The van der Waals surface area contributed by atoms with Gasteiger partial charge in [0, 0.05) is 45.5 Å². The number of halogens is 1. The zero-order chi connectivity index (χ0) is 18.5. The van der Waals surface area contributed by atoms with Gasteiger partial charge < -0.3 is 9.80 Å². The summed E-state index contributed by atoms with van der Waals surface area (Å²) < 4.78 is 13.0. The Kier molecular flexibility index (Phi) is 5.89. The molecule has 2 aromatic rings. The van der Waals surface area contributed by atoms with E-state index < -0.39 is 0 Å². The van der Waals surface area contributed by atoms with Crippen LogP contribution in [0.3, 0.4) is 0 Å². The number of hydrogen-bond donors (Lipinski definition) is 0. The summed E-state index contributed by atoms with van der Waals surface area (Å²) in [5.74, 6) is -0.0712. The van der Waals surface area contributed by atoms with Gasteiger partial charge in [0.15, 0.2) is 0 Å². The molecule has 1 aliphatic rings. The van der Waals surface area contributed by atoms with Gasteiger partial charge in [-0.25, -0.2) is 4.39 Å². The quantitative estimate of drug-likeness (QED) is 0.825. The molecule has 138 valence electrons. The fraction of sp³-hybridized carbons (Fsp3) is 0.381. The number of piperazine rings is 1. The number of aryl methyl sites for hydroxylation is 1. The number of carbonyl (C=O) groups excluding carboxylic acids is 1. The Morgan fingerprint density at radius 1 is 1.04 bits per heavy atom. The molecule has 0 aromatic heterocycles. The molecule has 1 heterocycles. The second-order valence-corrected chi connectivity index (χ2v) is 6.92. The molecule has 26 heavy (non-hydrogen) atoms. The number of rotatable bonds is 5. The predicted octanol–water partition coefficient (Wildman–Crippen LogP) is 2.91. The molecule has 0 saturated carbocycles. The first kappa shape index (κ1) is 18.4. The van der Waals surface area contributed by atoms with Gasteiger partial charge in [-0.1, -0.05) is 24.3 Å². The molecule has 1 fully saturated rings. The summed E-state index contributed by atoms with van der Waals surface area (Å²) in [4.78, 5) is 18.8. The number of carbonyl (C=O) groups is 1. The molecule has 0 unspecified atom stereocenters. The van der Waals surface area contributed by atoms with Crippen molar-refractivity contribution in [2.45, 2.75) is 13.5 Å². The third-order valence-electron chi connectivity index (χ3n) is 5.02. The van der Waals surface area contributed by atoms with E-state index in [4.69, 9.17) is 0 Å². The van der Waals surface area contributed by atoms with E-state index in [2.05, 4.69) is 28.9 Å². The number of amides is 1. The zero-order valence-electron chi connectivity index (χ0n) is 15.5. The molecule has 0 radical (unpaired) electrons. The Balaban J connectivity index is 1.48. The van der Waals surface area contributed by atoms with Crippen molar-refractivity contribution in [2.75, 3.05) is 44.7 Å². The molecule has 1 saturated heterocycles. The maximum absolute atomic E-state index is 13.0. The van der Waals surface area contributed by atoms with Crippen LogP contribution in [0.1, 0.15) is 11.1 Å². The number of likely N-dealkylation sites (N-methyl/N-ethyl adjacent to an activating group) is 1. The molecule has 1 amide bonds. The van der Waals surface area contributed by atoms with Gasteiger partial charge in [0.25, 0.3) is 0 Å². The minimum atomic E-state index is -0.213. The minimum absolute atomic E-state index is 0.142. The van der Waals surface area contributed by atoms with Crippen molar-refractivity contribution in [3.8, 4) is 0 Å². The van der Waals surface area contributed by atoms with Gasteiger partial charge in [-0.3, -0.25) is 9.69 Å². The van der Waals surface area contributed by atoms with Gasteiger partial charge in [0.1, 0.15) is 5.82 Å². The van der Waals surface area contributed by atoms with Crippen LogP contribution in [-0.4, -0.2) is 55.5 Å². The first-order chi connectivity index (χ1) is 12.5. The molecule has 0 N–H and O–H groups in total. The van der Waals surface area contributed by atoms with Crippen molar-refractivity contribution in [2.24, 2.45) is 0 Å². The summed E-state index contributed by atoms with van der Waals surface area (Å²) in [6.07, 6.45) is 0. The summed E-state index contributed by atoms with van der Waals surface area (Å²) in [6, 6.07) is 14.8. The molecule has 5 heteroatoms. The van der Waals surface area contributed by atoms with Crippen molar-refractivity contribution in [1.82, 2.24) is 9.80 Å². The van der Waals surface area contributed by atoms with Crippen molar-refractivity contribution in [3.63, 3.8) is 0 Å². The third-order valence-corrected chi connectivity index (χ3v) is 5.02. The van der Waals surface area contributed by atoms with E-state index in [9.17, 15) is 9.18 Å². The topological polar surface area (TPSA) is 26.8 Å². The van der Waals surface area contributed by atoms with Gasteiger partial charge >= 0.3 is 0 Å². The molecule has 0 atom stereocenters. The van der Waals surface area contributed by atoms with E-state index >= 15 is 0 Å². The Hall–Kier alpha value is -2.40. The fourth-order valence-electron chi connectivity index (χ4n) is 3.26. The first-order valence-corrected chi connectivity index (χ1v) is 9.04. The number of benzene rings is 2. The average Bonchev–Trinajstić information content (AvgIpc) is 2.65. The molecule has 2 aromatic carbocycles. The monoisotopic (exact) mass is 355 g/mol. The molecule has 0 spiro atoms. The molecule has 0 bridgehead atoms. The summed E-state index contributed by atoms with van der Waals surface area (Å²) >= 11 is 0. The molecule has 4 nitrogen and oxygen atoms in total. The third kappa shape index (κ3) is 4.61. The van der Waals surface area contributed by atoms with Gasteiger partial charge in [-0.15, -0.1) is 0 Å². The summed E-state index contributed by atoms with van der Waals surface area (Å²) in [6.45, 7) is 6.52. The molecular weight excluding hydrogens is 329 g/mol. The highest BCUT2D eigenvalue weighted by Gasteiger charge is 2.21. The van der Waals surface area contributed by atoms with Crippen LogP contribution in [0.25, 0.3) is 0 Å². The van der Waals surface area contributed by atoms with Crippen LogP contribution < -0.4 is 4.90 Å². The highest BCUT2D eigenvalue weighted by atomic mass is 19.1.